The van der Waals surface area contributed by atoms with Crippen LogP contribution in [0, 0.1) is 0 Å². The van der Waals surface area contributed by atoms with Crippen molar-refractivity contribution in [3.63, 3.8) is 0 Å². The van der Waals surface area contributed by atoms with Crippen LogP contribution in [0.4, 0.5) is 13.2 Å². The summed E-state index contributed by atoms with van der Waals surface area (Å²) in [6.45, 7) is 0.137. The molecule has 84 valence electrons. The molecule has 0 fully saturated rings. The van der Waals surface area contributed by atoms with Gasteiger partial charge < -0.3 is 0 Å². The van der Waals surface area contributed by atoms with E-state index in [0.717, 1.165) is 22.9 Å². The SMILES string of the molecule is O=c1ccc(C(F)(F)F)cn1C1=NCN=C1. The minimum absolute atomic E-state index is 0.121. The van der Waals surface area contributed by atoms with Crippen LogP contribution in [0.15, 0.2) is 33.1 Å². The Labute approximate surface area is 87.8 Å². The monoisotopic (exact) mass is 229 g/mol. The molecule has 4 nitrogen and oxygen atoms in total. The zero-order chi connectivity index (χ0) is 11.8. The van der Waals surface area contributed by atoms with Crippen molar-refractivity contribution in [3.05, 3.63) is 34.2 Å². The lowest BCUT2D eigenvalue weighted by Crippen LogP contribution is -2.27. The summed E-state index contributed by atoms with van der Waals surface area (Å²) in [5.41, 5.74) is -1.46. The summed E-state index contributed by atoms with van der Waals surface area (Å²) in [5.74, 6) is 0.121. The van der Waals surface area contributed by atoms with Gasteiger partial charge in [0.25, 0.3) is 5.56 Å². The molecule has 0 amide bonds. The first-order valence-electron chi connectivity index (χ1n) is 4.33. The Hall–Kier alpha value is -1.92. The molecule has 0 radical (unpaired) electrons. The smallest absolute Gasteiger partial charge is 0.269 e. The molecule has 0 atom stereocenters. The van der Waals surface area contributed by atoms with Crippen molar-refractivity contribution in [2.45, 2.75) is 6.18 Å². The van der Waals surface area contributed by atoms with E-state index >= 15 is 0 Å². The average Bonchev–Trinajstić information content (AvgIpc) is 2.69. The van der Waals surface area contributed by atoms with Crippen LogP contribution in [0.5, 0.6) is 0 Å². The Kier molecular flexibility index (Phi) is 2.37. The minimum atomic E-state index is -4.48. The van der Waals surface area contributed by atoms with Crippen molar-refractivity contribution in [1.29, 1.82) is 0 Å². The van der Waals surface area contributed by atoms with Crippen LogP contribution in [0.25, 0.3) is 0 Å². The summed E-state index contributed by atoms with van der Waals surface area (Å²) in [4.78, 5) is 18.8. The molecule has 0 spiro atoms. The highest BCUT2D eigenvalue weighted by Crippen LogP contribution is 2.27. The predicted octanol–water partition coefficient (Wildman–Crippen LogP) is 1.16. The Balaban J connectivity index is 2.53. The van der Waals surface area contributed by atoms with Crippen LogP contribution in [-0.4, -0.2) is 23.3 Å². The molecule has 7 heteroatoms. The molecule has 1 aliphatic rings. The summed E-state index contributed by atoms with van der Waals surface area (Å²) < 4.78 is 38.0. The molecule has 0 aliphatic carbocycles. The molecule has 2 rings (SSSR count). The van der Waals surface area contributed by atoms with Gasteiger partial charge in [0, 0.05) is 12.3 Å². The van der Waals surface area contributed by atoms with Gasteiger partial charge in [-0.2, -0.15) is 13.2 Å². The van der Waals surface area contributed by atoms with Crippen molar-refractivity contribution in [2.75, 3.05) is 6.67 Å². The minimum Gasteiger partial charge on any atom is -0.269 e. The number of halogens is 3. The first-order valence-corrected chi connectivity index (χ1v) is 4.33. The fourth-order valence-electron chi connectivity index (χ4n) is 1.25. The van der Waals surface area contributed by atoms with Crippen LogP contribution < -0.4 is 5.56 Å². The maximum absolute atomic E-state index is 12.4. The lowest BCUT2D eigenvalue weighted by molar-refractivity contribution is -0.137. The first kappa shape index (κ1) is 10.6. The second-order valence-corrected chi connectivity index (χ2v) is 3.09. The Morgan fingerprint density at radius 3 is 2.62 bits per heavy atom. The predicted molar refractivity (Wildman–Crippen MR) is 51.9 cm³/mol. The van der Waals surface area contributed by atoms with Crippen molar-refractivity contribution in [1.82, 2.24) is 4.57 Å². The van der Waals surface area contributed by atoms with E-state index in [4.69, 9.17) is 0 Å². The van der Waals surface area contributed by atoms with E-state index in [1.807, 2.05) is 0 Å². The zero-order valence-corrected chi connectivity index (χ0v) is 7.90. The Morgan fingerprint density at radius 1 is 1.31 bits per heavy atom. The van der Waals surface area contributed by atoms with Crippen molar-refractivity contribution in [2.24, 2.45) is 9.98 Å². The maximum atomic E-state index is 12.4. The molecular formula is C9H6F3N3O. The molecule has 0 unspecified atom stereocenters. The highest BCUT2D eigenvalue weighted by molar-refractivity contribution is 6.31. The summed E-state index contributed by atoms with van der Waals surface area (Å²) in [6.07, 6.45) is -2.49. The van der Waals surface area contributed by atoms with Gasteiger partial charge in [0.15, 0.2) is 5.84 Å². The summed E-state index contributed by atoms with van der Waals surface area (Å²) >= 11 is 0. The molecule has 0 aromatic carbocycles. The van der Waals surface area contributed by atoms with Crippen molar-refractivity contribution < 1.29 is 13.2 Å². The Bertz CT molecular complexity index is 528. The molecule has 1 aliphatic heterocycles. The van der Waals surface area contributed by atoms with E-state index in [9.17, 15) is 18.0 Å². The number of nitrogens with zero attached hydrogens (tertiary/aromatic N) is 3. The standard InChI is InChI=1S/C9H6F3N3O/c10-9(11,12)6-1-2-8(16)15(4-6)7-3-13-5-14-7/h1-4H,5H2. The van der Waals surface area contributed by atoms with Crippen LogP contribution in [0.3, 0.4) is 0 Å². The normalized spacial score (nSPS) is 15.3. The fourth-order valence-corrected chi connectivity index (χ4v) is 1.25. The molecule has 0 N–H and O–H groups in total. The number of hydrogen-bond donors (Lipinski definition) is 0. The third-order valence-corrected chi connectivity index (χ3v) is 2.01. The Morgan fingerprint density at radius 2 is 2.06 bits per heavy atom. The van der Waals surface area contributed by atoms with E-state index in [0.29, 0.717) is 0 Å². The van der Waals surface area contributed by atoms with Gasteiger partial charge in [-0.1, -0.05) is 0 Å². The lowest BCUT2D eigenvalue weighted by Gasteiger charge is -2.08. The highest BCUT2D eigenvalue weighted by Gasteiger charge is 2.31. The lowest BCUT2D eigenvalue weighted by atomic mass is 10.3. The molecular weight excluding hydrogens is 223 g/mol. The summed E-state index contributed by atoms with van der Waals surface area (Å²) in [6, 6.07) is 1.60. The van der Waals surface area contributed by atoms with Crippen LogP contribution in [0.2, 0.25) is 0 Å². The molecule has 0 bridgehead atoms. The van der Waals surface area contributed by atoms with E-state index in [-0.39, 0.29) is 12.5 Å². The molecule has 0 saturated carbocycles. The number of pyridine rings is 1. The van der Waals surface area contributed by atoms with Gasteiger partial charge in [-0.25, -0.2) is 4.99 Å². The molecule has 1 aromatic heterocycles. The van der Waals surface area contributed by atoms with Crippen LogP contribution in [-0.2, 0) is 6.18 Å². The van der Waals surface area contributed by atoms with Gasteiger partial charge in [0.1, 0.15) is 6.67 Å². The maximum Gasteiger partial charge on any atom is 0.417 e. The van der Waals surface area contributed by atoms with Gasteiger partial charge in [0.05, 0.1) is 11.8 Å². The quantitative estimate of drug-likeness (QED) is 0.658. The van der Waals surface area contributed by atoms with Crippen molar-refractivity contribution >= 4 is 12.1 Å². The number of alkyl halides is 3. The van der Waals surface area contributed by atoms with Gasteiger partial charge in [0.2, 0.25) is 0 Å². The number of rotatable bonds is 0. The highest BCUT2D eigenvalue weighted by atomic mass is 19.4. The largest absolute Gasteiger partial charge is 0.417 e. The first-order chi connectivity index (χ1) is 7.48. The van der Waals surface area contributed by atoms with Crippen LogP contribution >= 0.6 is 0 Å². The van der Waals surface area contributed by atoms with Gasteiger partial charge >= 0.3 is 6.18 Å². The second kappa shape index (κ2) is 3.58. The van der Waals surface area contributed by atoms with Crippen LogP contribution in [0.1, 0.15) is 5.56 Å². The second-order valence-electron chi connectivity index (χ2n) is 3.09. The molecule has 1 aromatic rings. The molecule has 16 heavy (non-hydrogen) atoms. The summed E-state index contributed by atoms with van der Waals surface area (Å²) in [7, 11) is 0. The van der Waals surface area contributed by atoms with E-state index in [1.165, 1.54) is 6.21 Å². The third-order valence-electron chi connectivity index (χ3n) is 2.01. The fraction of sp³-hybridized carbons (Fsp3) is 0.222. The van der Waals surface area contributed by atoms with Gasteiger partial charge in [-0.05, 0) is 6.07 Å². The summed E-state index contributed by atoms with van der Waals surface area (Å²) in [5, 5.41) is 0. The zero-order valence-electron chi connectivity index (χ0n) is 7.90. The topological polar surface area (TPSA) is 46.7 Å². The molecule has 0 saturated heterocycles. The third kappa shape index (κ3) is 1.88. The van der Waals surface area contributed by atoms with E-state index in [2.05, 4.69) is 9.98 Å². The number of aliphatic imine (C=N–C) groups is 2. The van der Waals surface area contributed by atoms with E-state index < -0.39 is 17.3 Å². The number of hydrogen-bond acceptors (Lipinski definition) is 3. The molecule has 2 heterocycles. The van der Waals surface area contributed by atoms with Gasteiger partial charge in [-0.3, -0.25) is 14.4 Å². The van der Waals surface area contributed by atoms with Crippen molar-refractivity contribution in [3.8, 4) is 0 Å². The van der Waals surface area contributed by atoms with E-state index in [1.54, 1.807) is 0 Å². The average molecular weight is 229 g/mol. The van der Waals surface area contributed by atoms with Gasteiger partial charge in [-0.15, -0.1) is 0 Å². The number of aromatic nitrogens is 1.